The number of aliphatic hydroxyl groups excluding tert-OH is 1. The van der Waals surface area contributed by atoms with Crippen molar-refractivity contribution in [2.75, 3.05) is 26.2 Å². The van der Waals surface area contributed by atoms with Crippen molar-refractivity contribution in [2.24, 2.45) is 0 Å². The standard InChI is InChI=1S/C23H21FN6O3.ClH/c24-16-3-6-20-15(9-16)10-19(22(32)26-20)21-12-30(28-27-21)18-4-1-14(2-5-18)23(33)29-8-7-25-17(11-29)13-31;/h1-6,9-10,12,17,25,31H,7-8,11,13H2,(H,26,32);1H/t17-;/m1./s1. The van der Waals surface area contributed by atoms with Crippen molar-refractivity contribution in [3.63, 3.8) is 0 Å². The number of fused-ring (bicyclic) bond motifs is 1. The van der Waals surface area contributed by atoms with Gasteiger partial charge in [0.2, 0.25) is 0 Å². The van der Waals surface area contributed by atoms with Gasteiger partial charge < -0.3 is 20.3 Å². The van der Waals surface area contributed by atoms with E-state index in [0.717, 1.165) is 0 Å². The van der Waals surface area contributed by atoms with Crippen molar-refractivity contribution >= 4 is 29.2 Å². The van der Waals surface area contributed by atoms with Crippen molar-refractivity contribution < 1.29 is 14.3 Å². The van der Waals surface area contributed by atoms with E-state index in [9.17, 15) is 19.1 Å². The highest BCUT2D eigenvalue weighted by atomic mass is 35.5. The largest absolute Gasteiger partial charge is 0.395 e. The van der Waals surface area contributed by atoms with E-state index >= 15 is 0 Å². The number of carbonyl (C=O) groups is 1. The lowest BCUT2D eigenvalue weighted by Gasteiger charge is -2.32. The fraction of sp³-hybridized carbons (Fsp3) is 0.217. The minimum Gasteiger partial charge on any atom is -0.395 e. The molecule has 2 aromatic heterocycles. The number of nitrogens with one attached hydrogen (secondary N) is 2. The number of pyridine rings is 1. The molecule has 1 fully saturated rings. The van der Waals surface area contributed by atoms with Crippen molar-refractivity contribution in [1.82, 2.24) is 30.2 Å². The molecule has 1 aliphatic heterocycles. The molecule has 1 saturated heterocycles. The molecule has 1 atom stereocenters. The lowest BCUT2D eigenvalue weighted by atomic mass is 10.1. The monoisotopic (exact) mass is 484 g/mol. The zero-order chi connectivity index (χ0) is 22.9. The van der Waals surface area contributed by atoms with Gasteiger partial charge in [0.05, 0.1) is 24.1 Å². The van der Waals surface area contributed by atoms with E-state index in [0.29, 0.717) is 47.5 Å². The Bertz CT molecular complexity index is 1390. The van der Waals surface area contributed by atoms with Crippen LogP contribution in [0, 0.1) is 5.82 Å². The Morgan fingerprint density at radius 2 is 1.97 bits per heavy atom. The first kappa shape index (κ1) is 23.6. The number of aliphatic hydroxyl groups is 1. The Morgan fingerprint density at radius 3 is 2.74 bits per heavy atom. The minimum atomic E-state index is -0.397. The van der Waals surface area contributed by atoms with Crippen molar-refractivity contribution in [2.45, 2.75) is 6.04 Å². The lowest BCUT2D eigenvalue weighted by molar-refractivity contribution is 0.0671. The molecule has 0 radical (unpaired) electrons. The van der Waals surface area contributed by atoms with E-state index in [4.69, 9.17) is 0 Å². The number of rotatable bonds is 4. The molecular weight excluding hydrogens is 463 g/mol. The van der Waals surface area contributed by atoms with Gasteiger partial charge in [0.1, 0.15) is 11.5 Å². The summed E-state index contributed by atoms with van der Waals surface area (Å²) in [6.07, 6.45) is 1.61. The Hall–Kier alpha value is -3.60. The predicted molar refractivity (Wildman–Crippen MR) is 127 cm³/mol. The second-order valence-electron chi connectivity index (χ2n) is 7.92. The first-order valence-electron chi connectivity index (χ1n) is 10.5. The van der Waals surface area contributed by atoms with Crippen LogP contribution in [0.15, 0.2) is 59.5 Å². The number of halogens is 2. The molecule has 0 aliphatic carbocycles. The van der Waals surface area contributed by atoms with E-state index in [-0.39, 0.29) is 42.1 Å². The van der Waals surface area contributed by atoms with E-state index in [1.807, 2.05) is 0 Å². The molecule has 0 bridgehead atoms. The summed E-state index contributed by atoms with van der Waals surface area (Å²) in [5.74, 6) is -0.498. The van der Waals surface area contributed by atoms with Crippen LogP contribution in [0.2, 0.25) is 0 Å². The van der Waals surface area contributed by atoms with Gasteiger partial charge in [0.15, 0.2) is 0 Å². The smallest absolute Gasteiger partial charge is 0.258 e. The Morgan fingerprint density at radius 1 is 1.18 bits per heavy atom. The zero-order valence-corrected chi connectivity index (χ0v) is 18.8. The molecule has 1 aliphatic rings. The number of nitrogens with zero attached hydrogens (tertiary/aromatic N) is 4. The lowest BCUT2D eigenvalue weighted by Crippen LogP contribution is -2.54. The normalized spacial score (nSPS) is 15.8. The number of carbonyl (C=O) groups excluding carboxylic acids is 1. The van der Waals surface area contributed by atoms with Gasteiger partial charge in [-0.2, -0.15) is 0 Å². The average Bonchev–Trinajstić information content (AvgIpc) is 3.33. The van der Waals surface area contributed by atoms with Crippen LogP contribution in [-0.4, -0.2) is 68.2 Å². The van der Waals surface area contributed by atoms with Gasteiger partial charge >= 0.3 is 0 Å². The molecule has 3 heterocycles. The number of amides is 1. The number of aromatic amines is 1. The van der Waals surface area contributed by atoms with Crippen molar-refractivity contribution in [3.8, 4) is 16.9 Å². The molecule has 4 aromatic rings. The first-order chi connectivity index (χ1) is 16.0. The number of aromatic nitrogens is 4. The van der Waals surface area contributed by atoms with Gasteiger partial charge in [-0.15, -0.1) is 17.5 Å². The summed E-state index contributed by atoms with van der Waals surface area (Å²) in [4.78, 5) is 29.7. The van der Waals surface area contributed by atoms with Gasteiger partial charge in [0, 0.05) is 42.1 Å². The molecule has 2 aromatic carbocycles. The van der Waals surface area contributed by atoms with Gasteiger partial charge in [0.25, 0.3) is 11.5 Å². The summed E-state index contributed by atoms with van der Waals surface area (Å²) in [5, 5.41) is 21.2. The van der Waals surface area contributed by atoms with Crippen molar-refractivity contribution in [1.29, 1.82) is 0 Å². The van der Waals surface area contributed by atoms with Crippen LogP contribution in [-0.2, 0) is 0 Å². The summed E-state index contributed by atoms with van der Waals surface area (Å²) in [7, 11) is 0. The highest BCUT2D eigenvalue weighted by Gasteiger charge is 2.23. The second kappa shape index (κ2) is 9.72. The zero-order valence-electron chi connectivity index (χ0n) is 17.9. The molecule has 176 valence electrons. The first-order valence-corrected chi connectivity index (χ1v) is 10.5. The summed E-state index contributed by atoms with van der Waals surface area (Å²) in [6.45, 7) is 1.64. The second-order valence-corrected chi connectivity index (χ2v) is 7.92. The Kier molecular flexibility index (Phi) is 6.73. The maximum atomic E-state index is 13.6. The van der Waals surface area contributed by atoms with E-state index in [1.54, 1.807) is 41.4 Å². The number of benzene rings is 2. The van der Waals surface area contributed by atoms with E-state index in [2.05, 4.69) is 20.6 Å². The molecule has 3 N–H and O–H groups in total. The predicted octanol–water partition coefficient (Wildman–Crippen LogP) is 1.74. The Balaban J connectivity index is 0.00000274. The van der Waals surface area contributed by atoms with Crippen LogP contribution in [0.4, 0.5) is 4.39 Å². The molecular formula is C23H22ClFN6O3. The molecule has 0 saturated carbocycles. The van der Waals surface area contributed by atoms with E-state index in [1.165, 1.54) is 22.9 Å². The van der Waals surface area contributed by atoms with Crippen LogP contribution in [0.25, 0.3) is 27.8 Å². The maximum Gasteiger partial charge on any atom is 0.258 e. The molecule has 9 nitrogen and oxygen atoms in total. The fourth-order valence-corrected chi connectivity index (χ4v) is 3.95. The van der Waals surface area contributed by atoms with Gasteiger partial charge in [-0.05, 0) is 48.5 Å². The van der Waals surface area contributed by atoms with Gasteiger partial charge in [-0.3, -0.25) is 9.59 Å². The topological polar surface area (TPSA) is 116 Å². The maximum absolute atomic E-state index is 13.6. The summed E-state index contributed by atoms with van der Waals surface area (Å²) in [5.41, 5.74) is 2.02. The van der Waals surface area contributed by atoms with Gasteiger partial charge in [-0.1, -0.05) is 5.21 Å². The SMILES string of the molecule is Cl.O=C(c1ccc(-n2cc(-c3cc4cc(F)ccc4[nH]c3=O)nn2)cc1)N1CCN[C@@H](CO)C1. The minimum absolute atomic E-state index is 0. The van der Waals surface area contributed by atoms with Crippen LogP contribution in [0.3, 0.4) is 0 Å². The number of H-pyrrole nitrogens is 1. The van der Waals surface area contributed by atoms with Crippen LogP contribution in [0.5, 0.6) is 0 Å². The van der Waals surface area contributed by atoms with Gasteiger partial charge in [-0.25, -0.2) is 9.07 Å². The average molecular weight is 485 g/mol. The highest BCUT2D eigenvalue weighted by Crippen LogP contribution is 2.20. The Labute approximate surface area is 199 Å². The van der Waals surface area contributed by atoms with E-state index < -0.39 is 5.82 Å². The third-order valence-electron chi connectivity index (χ3n) is 5.72. The molecule has 1 amide bonds. The van der Waals surface area contributed by atoms with Crippen LogP contribution < -0.4 is 10.9 Å². The summed E-state index contributed by atoms with van der Waals surface area (Å²) in [6, 6.07) is 12.5. The molecule has 34 heavy (non-hydrogen) atoms. The summed E-state index contributed by atoms with van der Waals surface area (Å²) >= 11 is 0. The summed E-state index contributed by atoms with van der Waals surface area (Å²) < 4.78 is 15.1. The number of hydrogen-bond acceptors (Lipinski definition) is 6. The van der Waals surface area contributed by atoms with Crippen LogP contribution in [0.1, 0.15) is 10.4 Å². The third-order valence-corrected chi connectivity index (χ3v) is 5.72. The fourth-order valence-electron chi connectivity index (χ4n) is 3.95. The molecule has 0 spiro atoms. The molecule has 0 unspecified atom stereocenters. The molecule has 11 heteroatoms. The quantitative estimate of drug-likeness (QED) is 0.406. The number of hydrogen-bond donors (Lipinski definition) is 3. The van der Waals surface area contributed by atoms with Crippen LogP contribution >= 0.6 is 12.4 Å². The highest BCUT2D eigenvalue weighted by molar-refractivity contribution is 5.94. The molecule has 5 rings (SSSR count). The third kappa shape index (κ3) is 4.56. The van der Waals surface area contributed by atoms with Crippen molar-refractivity contribution in [3.05, 3.63) is 76.5 Å². The number of piperazine rings is 1.